The first-order valence-corrected chi connectivity index (χ1v) is 7.26. The van der Waals surface area contributed by atoms with Gasteiger partial charge in [-0.1, -0.05) is 60.3 Å². The molecule has 2 aromatic carbocycles. The van der Waals surface area contributed by atoms with E-state index in [0.29, 0.717) is 11.1 Å². The van der Waals surface area contributed by atoms with Gasteiger partial charge in [0.25, 0.3) is 0 Å². The number of nitrogen functional groups attached to an aromatic ring is 1. The molecule has 0 amide bonds. The Kier molecular flexibility index (Phi) is 3.69. The quantitative estimate of drug-likeness (QED) is 0.747. The van der Waals surface area contributed by atoms with Crippen LogP contribution in [0.4, 0.5) is 5.95 Å². The third-order valence-corrected chi connectivity index (χ3v) is 3.73. The van der Waals surface area contributed by atoms with E-state index in [-0.39, 0.29) is 0 Å². The van der Waals surface area contributed by atoms with Gasteiger partial charge >= 0.3 is 0 Å². The molecule has 0 saturated heterocycles. The van der Waals surface area contributed by atoms with Gasteiger partial charge in [-0.15, -0.1) is 5.10 Å². The Bertz CT molecular complexity index is 680. The number of thioether (sulfide) groups is 1. The molecule has 100 valence electrons. The van der Waals surface area contributed by atoms with Crippen molar-refractivity contribution in [3.63, 3.8) is 0 Å². The number of benzene rings is 2. The van der Waals surface area contributed by atoms with Crippen molar-refractivity contribution in [2.24, 2.45) is 0 Å². The van der Waals surface area contributed by atoms with E-state index in [1.54, 1.807) is 16.4 Å². The molecule has 0 atom stereocenters. The lowest BCUT2D eigenvalue weighted by atomic mass is 10.2. The third-order valence-electron chi connectivity index (χ3n) is 2.82. The van der Waals surface area contributed by atoms with Gasteiger partial charge in [-0.25, -0.2) is 0 Å². The first-order valence-electron chi connectivity index (χ1n) is 6.27. The van der Waals surface area contributed by atoms with Crippen molar-refractivity contribution in [1.29, 1.82) is 0 Å². The molecule has 4 nitrogen and oxygen atoms in total. The predicted molar refractivity (Wildman–Crippen MR) is 81.8 cm³/mol. The number of hydrogen-bond donors (Lipinski definition) is 1. The first-order chi connectivity index (χ1) is 9.83. The van der Waals surface area contributed by atoms with E-state index < -0.39 is 0 Å². The van der Waals surface area contributed by atoms with Crippen molar-refractivity contribution < 1.29 is 0 Å². The molecule has 0 aliphatic heterocycles. The summed E-state index contributed by atoms with van der Waals surface area (Å²) in [5, 5.41) is 5.13. The van der Waals surface area contributed by atoms with Crippen LogP contribution in [0.2, 0.25) is 0 Å². The Morgan fingerprint density at radius 2 is 1.60 bits per heavy atom. The monoisotopic (exact) mass is 282 g/mol. The standard InChI is InChI=1S/C15H14N4S/c16-14-17-15(20-11-12-7-3-1-4-8-12)18-19(14)13-9-5-2-6-10-13/h1-10H,11H2,(H2,16,17,18). The molecule has 3 aromatic rings. The van der Waals surface area contributed by atoms with Crippen molar-refractivity contribution in [3.8, 4) is 5.69 Å². The average molecular weight is 282 g/mol. The predicted octanol–water partition coefficient (Wildman–Crippen LogP) is 3.14. The number of para-hydroxylation sites is 1. The van der Waals surface area contributed by atoms with Crippen LogP contribution in [0.1, 0.15) is 5.56 Å². The number of hydrogen-bond acceptors (Lipinski definition) is 4. The lowest BCUT2D eigenvalue weighted by Gasteiger charge is -2.00. The second-order valence-corrected chi connectivity index (χ2v) is 5.22. The van der Waals surface area contributed by atoms with Crippen molar-refractivity contribution >= 4 is 17.7 Å². The fourth-order valence-corrected chi connectivity index (χ4v) is 2.63. The highest BCUT2D eigenvalue weighted by Crippen LogP contribution is 2.21. The van der Waals surface area contributed by atoms with Crippen molar-refractivity contribution in [2.75, 3.05) is 5.73 Å². The smallest absolute Gasteiger partial charge is 0.224 e. The molecule has 0 saturated carbocycles. The SMILES string of the molecule is Nc1nc(SCc2ccccc2)nn1-c1ccccc1. The van der Waals surface area contributed by atoms with Crippen LogP contribution in [0.5, 0.6) is 0 Å². The number of aromatic nitrogens is 3. The number of rotatable bonds is 4. The summed E-state index contributed by atoms with van der Waals surface area (Å²) in [5.41, 5.74) is 8.08. The van der Waals surface area contributed by atoms with Gasteiger partial charge in [0.15, 0.2) is 0 Å². The molecule has 0 spiro atoms. The third kappa shape index (κ3) is 2.83. The Balaban J connectivity index is 1.76. The van der Waals surface area contributed by atoms with E-state index in [0.717, 1.165) is 11.4 Å². The topological polar surface area (TPSA) is 56.7 Å². The Hall–Kier alpha value is -2.27. The van der Waals surface area contributed by atoms with Gasteiger partial charge in [0.05, 0.1) is 5.69 Å². The molecule has 0 unspecified atom stereocenters. The molecule has 0 aliphatic carbocycles. The lowest BCUT2D eigenvalue weighted by Crippen LogP contribution is -2.01. The minimum Gasteiger partial charge on any atom is -0.368 e. The van der Waals surface area contributed by atoms with Gasteiger partial charge in [-0.2, -0.15) is 9.67 Å². The molecule has 5 heteroatoms. The normalized spacial score (nSPS) is 10.6. The van der Waals surface area contributed by atoms with E-state index in [4.69, 9.17) is 5.73 Å². The molecule has 3 rings (SSSR count). The molecular formula is C15H14N4S. The summed E-state index contributed by atoms with van der Waals surface area (Å²) in [5.74, 6) is 1.24. The van der Waals surface area contributed by atoms with Gasteiger partial charge in [-0.05, 0) is 17.7 Å². The van der Waals surface area contributed by atoms with Crippen LogP contribution in [-0.2, 0) is 5.75 Å². The van der Waals surface area contributed by atoms with Crippen LogP contribution < -0.4 is 5.73 Å². The van der Waals surface area contributed by atoms with E-state index in [1.807, 2.05) is 48.5 Å². The van der Waals surface area contributed by atoms with Gasteiger partial charge < -0.3 is 5.73 Å². The average Bonchev–Trinajstić information content (AvgIpc) is 2.88. The molecule has 1 heterocycles. The highest BCUT2D eigenvalue weighted by Gasteiger charge is 2.09. The Morgan fingerprint density at radius 3 is 2.30 bits per heavy atom. The fraction of sp³-hybridized carbons (Fsp3) is 0.0667. The molecule has 0 radical (unpaired) electrons. The first kappa shape index (κ1) is 12.7. The second kappa shape index (κ2) is 5.79. The van der Waals surface area contributed by atoms with Crippen LogP contribution in [0, 0.1) is 0 Å². The Labute approximate surface area is 121 Å². The molecule has 0 aliphatic rings. The fourth-order valence-electron chi connectivity index (χ4n) is 1.85. The minimum atomic E-state index is 0.409. The zero-order valence-electron chi connectivity index (χ0n) is 10.8. The van der Waals surface area contributed by atoms with Gasteiger partial charge in [0, 0.05) is 5.75 Å². The lowest BCUT2D eigenvalue weighted by molar-refractivity contribution is 0.840. The highest BCUT2D eigenvalue weighted by molar-refractivity contribution is 7.98. The summed E-state index contributed by atoms with van der Waals surface area (Å²) in [7, 11) is 0. The van der Waals surface area contributed by atoms with Crippen molar-refractivity contribution in [3.05, 3.63) is 66.2 Å². The summed E-state index contributed by atoms with van der Waals surface area (Å²) in [6, 6.07) is 20.0. The van der Waals surface area contributed by atoms with E-state index in [9.17, 15) is 0 Å². The largest absolute Gasteiger partial charge is 0.368 e. The van der Waals surface area contributed by atoms with Gasteiger partial charge in [-0.3, -0.25) is 0 Å². The maximum atomic E-state index is 5.92. The van der Waals surface area contributed by atoms with E-state index >= 15 is 0 Å². The maximum absolute atomic E-state index is 5.92. The van der Waals surface area contributed by atoms with Crippen molar-refractivity contribution in [2.45, 2.75) is 10.9 Å². The number of nitrogens with zero attached hydrogens (tertiary/aromatic N) is 3. The summed E-state index contributed by atoms with van der Waals surface area (Å²) in [6.07, 6.45) is 0. The molecular weight excluding hydrogens is 268 g/mol. The molecule has 1 aromatic heterocycles. The van der Waals surface area contributed by atoms with Crippen LogP contribution in [0.25, 0.3) is 5.69 Å². The highest BCUT2D eigenvalue weighted by atomic mass is 32.2. The Morgan fingerprint density at radius 1 is 0.950 bits per heavy atom. The maximum Gasteiger partial charge on any atom is 0.224 e. The second-order valence-electron chi connectivity index (χ2n) is 4.27. The van der Waals surface area contributed by atoms with Gasteiger partial charge in [0.2, 0.25) is 11.1 Å². The molecule has 0 bridgehead atoms. The van der Waals surface area contributed by atoms with E-state index in [2.05, 4.69) is 22.2 Å². The zero-order chi connectivity index (χ0) is 13.8. The summed E-state index contributed by atoms with van der Waals surface area (Å²) in [6.45, 7) is 0. The number of anilines is 1. The van der Waals surface area contributed by atoms with Gasteiger partial charge in [0.1, 0.15) is 0 Å². The van der Waals surface area contributed by atoms with Crippen molar-refractivity contribution in [1.82, 2.24) is 14.8 Å². The molecule has 20 heavy (non-hydrogen) atoms. The van der Waals surface area contributed by atoms with Crippen LogP contribution in [0.15, 0.2) is 65.8 Å². The molecule has 0 fully saturated rings. The number of nitrogens with two attached hydrogens (primary N) is 1. The molecule has 2 N–H and O–H groups in total. The van der Waals surface area contributed by atoms with Crippen LogP contribution >= 0.6 is 11.8 Å². The zero-order valence-corrected chi connectivity index (χ0v) is 11.6. The minimum absolute atomic E-state index is 0.409. The summed E-state index contributed by atoms with van der Waals surface area (Å²) >= 11 is 1.58. The van der Waals surface area contributed by atoms with E-state index in [1.165, 1.54) is 5.56 Å². The summed E-state index contributed by atoms with van der Waals surface area (Å²) < 4.78 is 1.66. The van der Waals surface area contributed by atoms with Crippen LogP contribution in [-0.4, -0.2) is 14.8 Å². The summed E-state index contributed by atoms with van der Waals surface area (Å²) in [4.78, 5) is 4.29. The van der Waals surface area contributed by atoms with Crippen LogP contribution in [0.3, 0.4) is 0 Å².